The Morgan fingerprint density at radius 2 is 2.18 bits per heavy atom. The van der Waals surface area contributed by atoms with Crippen LogP contribution in [-0.2, 0) is 13.0 Å². The molecule has 2 aromatic rings. The number of aliphatic hydroxyl groups is 1. The lowest BCUT2D eigenvalue weighted by Crippen LogP contribution is -2.25. The summed E-state index contributed by atoms with van der Waals surface area (Å²) in [7, 11) is 1.84. The highest BCUT2D eigenvalue weighted by atomic mass is 16.3. The fourth-order valence-electron chi connectivity index (χ4n) is 2.12. The molecule has 0 bridgehead atoms. The van der Waals surface area contributed by atoms with Gasteiger partial charge in [-0.2, -0.15) is 5.10 Å². The molecule has 0 aliphatic carbocycles. The van der Waals surface area contributed by atoms with E-state index in [0.717, 1.165) is 23.1 Å². The van der Waals surface area contributed by atoms with Crippen molar-refractivity contribution in [3.63, 3.8) is 0 Å². The lowest BCUT2D eigenvalue weighted by molar-refractivity contribution is 0.173. The van der Waals surface area contributed by atoms with Gasteiger partial charge in [0.1, 0.15) is 0 Å². The fraction of sp³-hybridized carbons (Fsp3) is 0.462. The predicted octanol–water partition coefficient (Wildman–Crippen LogP) is 1.18. The number of nitrogens with one attached hydrogen (secondary N) is 1. The maximum Gasteiger partial charge on any atom is 0.0729 e. The van der Waals surface area contributed by atoms with Crippen molar-refractivity contribution in [1.29, 1.82) is 0 Å². The van der Waals surface area contributed by atoms with Crippen LogP contribution in [0.25, 0.3) is 10.9 Å². The van der Waals surface area contributed by atoms with Gasteiger partial charge < -0.3 is 10.4 Å². The first kappa shape index (κ1) is 12.1. The first-order valence-corrected chi connectivity index (χ1v) is 6.03. The van der Waals surface area contributed by atoms with Crippen molar-refractivity contribution in [2.24, 2.45) is 0 Å². The van der Waals surface area contributed by atoms with Crippen molar-refractivity contribution in [2.75, 3.05) is 13.6 Å². The standard InChI is InChI=1S/C13H19N3O/c1-3-16-13-7-5-4-6-11(13)12(15-16)8-10(17)9-14-2/h4-7,10,14,17H,3,8-9H2,1-2H3. The quantitative estimate of drug-likeness (QED) is 0.815. The van der Waals surface area contributed by atoms with Crippen LogP contribution in [0.5, 0.6) is 0 Å². The largest absolute Gasteiger partial charge is 0.391 e. The highest BCUT2D eigenvalue weighted by molar-refractivity contribution is 5.81. The second-order valence-corrected chi connectivity index (χ2v) is 4.20. The van der Waals surface area contributed by atoms with Crippen LogP contribution >= 0.6 is 0 Å². The van der Waals surface area contributed by atoms with Gasteiger partial charge in [-0.05, 0) is 20.0 Å². The number of aliphatic hydroxyl groups excluding tert-OH is 1. The summed E-state index contributed by atoms with van der Waals surface area (Å²) >= 11 is 0. The number of likely N-dealkylation sites (N-methyl/N-ethyl adjacent to an activating group) is 1. The molecule has 2 rings (SSSR count). The average Bonchev–Trinajstić information content (AvgIpc) is 2.68. The summed E-state index contributed by atoms with van der Waals surface area (Å²) in [6.45, 7) is 3.52. The summed E-state index contributed by atoms with van der Waals surface area (Å²) in [6, 6.07) is 8.16. The number of fused-ring (bicyclic) bond motifs is 1. The van der Waals surface area contributed by atoms with Crippen molar-refractivity contribution < 1.29 is 5.11 Å². The Hall–Kier alpha value is -1.39. The Balaban J connectivity index is 2.33. The topological polar surface area (TPSA) is 50.1 Å². The summed E-state index contributed by atoms with van der Waals surface area (Å²) in [5, 5.41) is 18.5. The van der Waals surface area contributed by atoms with E-state index in [2.05, 4.69) is 29.5 Å². The zero-order valence-corrected chi connectivity index (χ0v) is 10.3. The van der Waals surface area contributed by atoms with E-state index in [9.17, 15) is 5.11 Å². The number of hydrogen-bond acceptors (Lipinski definition) is 3. The van der Waals surface area contributed by atoms with E-state index in [1.165, 1.54) is 0 Å². The molecule has 0 spiro atoms. The van der Waals surface area contributed by atoms with E-state index in [0.29, 0.717) is 13.0 Å². The van der Waals surface area contributed by atoms with Crippen LogP contribution in [0.3, 0.4) is 0 Å². The van der Waals surface area contributed by atoms with E-state index in [1.54, 1.807) is 0 Å². The molecule has 0 fully saturated rings. The summed E-state index contributed by atoms with van der Waals surface area (Å²) in [4.78, 5) is 0. The summed E-state index contributed by atoms with van der Waals surface area (Å²) in [5.74, 6) is 0. The van der Waals surface area contributed by atoms with Gasteiger partial charge in [0.15, 0.2) is 0 Å². The molecule has 1 aromatic heterocycles. The number of hydrogen-bond donors (Lipinski definition) is 2. The normalized spacial score (nSPS) is 13.1. The second kappa shape index (κ2) is 5.29. The highest BCUT2D eigenvalue weighted by Crippen LogP contribution is 2.19. The molecule has 92 valence electrons. The number of para-hydroxylation sites is 1. The van der Waals surface area contributed by atoms with Gasteiger partial charge in [-0.1, -0.05) is 18.2 Å². The first-order chi connectivity index (χ1) is 8.26. The van der Waals surface area contributed by atoms with E-state index >= 15 is 0 Å². The van der Waals surface area contributed by atoms with Gasteiger partial charge in [-0.15, -0.1) is 0 Å². The monoisotopic (exact) mass is 233 g/mol. The lowest BCUT2D eigenvalue weighted by atomic mass is 10.1. The van der Waals surface area contributed by atoms with Crippen molar-refractivity contribution >= 4 is 10.9 Å². The Morgan fingerprint density at radius 1 is 1.41 bits per heavy atom. The molecule has 1 heterocycles. The SMILES string of the molecule is CCn1nc(CC(O)CNC)c2ccccc21. The molecule has 0 radical (unpaired) electrons. The zero-order valence-electron chi connectivity index (χ0n) is 10.3. The molecule has 4 nitrogen and oxygen atoms in total. The van der Waals surface area contributed by atoms with Crippen molar-refractivity contribution in [2.45, 2.75) is 26.0 Å². The Labute approximate surface area is 101 Å². The number of rotatable bonds is 5. The molecule has 0 saturated carbocycles. The minimum absolute atomic E-state index is 0.386. The van der Waals surface area contributed by atoms with Gasteiger partial charge in [0.25, 0.3) is 0 Å². The first-order valence-electron chi connectivity index (χ1n) is 6.03. The van der Waals surface area contributed by atoms with Crippen LogP contribution < -0.4 is 5.32 Å². The maximum atomic E-state index is 9.83. The summed E-state index contributed by atoms with van der Waals surface area (Å²) < 4.78 is 1.98. The Morgan fingerprint density at radius 3 is 2.88 bits per heavy atom. The van der Waals surface area contributed by atoms with Crippen LogP contribution in [0.2, 0.25) is 0 Å². The van der Waals surface area contributed by atoms with Gasteiger partial charge >= 0.3 is 0 Å². The number of aromatic nitrogens is 2. The third kappa shape index (κ3) is 2.48. The molecule has 2 N–H and O–H groups in total. The molecular weight excluding hydrogens is 214 g/mol. The molecule has 1 unspecified atom stereocenters. The highest BCUT2D eigenvalue weighted by Gasteiger charge is 2.12. The fourth-order valence-corrected chi connectivity index (χ4v) is 2.12. The molecule has 0 amide bonds. The molecule has 1 aromatic carbocycles. The third-order valence-corrected chi connectivity index (χ3v) is 2.90. The predicted molar refractivity (Wildman–Crippen MR) is 69.0 cm³/mol. The molecule has 0 aliphatic rings. The molecular formula is C13H19N3O. The minimum Gasteiger partial charge on any atom is -0.391 e. The Bertz CT molecular complexity index is 492. The third-order valence-electron chi connectivity index (χ3n) is 2.90. The molecule has 17 heavy (non-hydrogen) atoms. The van der Waals surface area contributed by atoms with Gasteiger partial charge in [0.05, 0.1) is 17.3 Å². The van der Waals surface area contributed by atoms with Gasteiger partial charge in [0.2, 0.25) is 0 Å². The molecule has 1 atom stereocenters. The van der Waals surface area contributed by atoms with Crippen molar-refractivity contribution in [3.05, 3.63) is 30.0 Å². The van der Waals surface area contributed by atoms with Gasteiger partial charge in [-0.3, -0.25) is 4.68 Å². The number of benzene rings is 1. The van der Waals surface area contributed by atoms with Crippen LogP contribution in [0.15, 0.2) is 24.3 Å². The van der Waals surface area contributed by atoms with Crippen molar-refractivity contribution in [3.8, 4) is 0 Å². The van der Waals surface area contributed by atoms with Crippen molar-refractivity contribution in [1.82, 2.24) is 15.1 Å². The average molecular weight is 233 g/mol. The Kier molecular flexibility index (Phi) is 3.76. The smallest absolute Gasteiger partial charge is 0.0729 e. The van der Waals surface area contributed by atoms with E-state index < -0.39 is 0 Å². The van der Waals surface area contributed by atoms with Gasteiger partial charge in [0, 0.05) is 24.9 Å². The molecule has 4 heteroatoms. The molecule has 0 aliphatic heterocycles. The summed E-state index contributed by atoms with van der Waals surface area (Å²) in [6.07, 6.45) is 0.206. The zero-order chi connectivity index (χ0) is 12.3. The number of aryl methyl sites for hydroxylation is 1. The minimum atomic E-state index is -0.386. The lowest BCUT2D eigenvalue weighted by Gasteiger charge is -2.07. The van der Waals surface area contributed by atoms with Crippen LogP contribution in [-0.4, -0.2) is 34.6 Å². The maximum absolute atomic E-state index is 9.83. The number of nitrogens with zero attached hydrogens (tertiary/aromatic N) is 2. The second-order valence-electron chi connectivity index (χ2n) is 4.20. The molecule has 0 saturated heterocycles. The van der Waals surface area contributed by atoms with E-state index in [4.69, 9.17) is 0 Å². The van der Waals surface area contributed by atoms with Crippen LogP contribution in [0.4, 0.5) is 0 Å². The van der Waals surface area contributed by atoms with Gasteiger partial charge in [-0.25, -0.2) is 0 Å². The summed E-state index contributed by atoms with van der Waals surface area (Å²) in [5.41, 5.74) is 2.12. The van der Waals surface area contributed by atoms with Crippen LogP contribution in [0, 0.1) is 0 Å². The van der Waals surface area contributed by atoms with Crippen LogP contribution in [0.1, 0.15) is 12.6 Å². The van der Waals surface area contributed by atoms with E-state index in [1.807, 2.05) is 23.9 Å². The van der Waals surface area contributed by atoms with E-state index in [-0.39, 0.29) is 6.10 Å².